The fraction of sp³-hybridized carbons (Fsp3) is 0.417. The topological polar surface area (TPSA) is 59.1 Å². The number of nitrogen functional groups attached to an aromatic ring is 1. The minimum absolute atomic E-state index is 0.0604. The zero-order valence-corrected chi connectivity index (χ0v) is 9.34. The molecule has 3 nitrogen and oxygen atoms in total. The van der Waals surface area contributed by atoms with Crippen LogP contribution in [0.4, 0.5) is 0 Å². The summed E-state index contributed by atoms with van der Waals surface area (Å²) in [6.07, 6.45) is 2.12. The summed E-state index contributed by atoms with van der Waals surface area (Å²) in [5, 5.41) is 7.45. The second kappa shape index (κ2) is 5.39. The number of rotatable bonds is 5. The van der Waals surface area contributed by atoms with Gasteiger partial charge in [-0.2, -0.15) is 0 Å². The van der Waals surface area contributed by atoms with Crippen LogP contribution in [-0.2, 0) is 0 Å². The van der Waals surface area contributed by atoms with Gasteiger partial charge in [-0.1, -0.05) is 25.5 Å². The van der Waals surface area contributed by atoms with Crippen LogP contribution in [0.1, 0.15) is 30.9 Å². The first-order chi connectivity index (χ1) is 7.16. The number of nitrogens with one attached hydrogen (secondary N) is 1. The predicted molar refractivity (Wildman–Crippen MR) is 62.6 cm³/mol. The van der Waals surface area contributed by atoms with E-state index < -0.39 is 0 Å². The van der Waals surface area contributed by atoms with Gasteiger partial charge < -0.3 is 10.5 Å². The standard InChI is InChI=1S/C12H18N2O/c1-3-4-8-15-11-9(2)6-5-7-10(11)12(13)14/h5-7H,3-4,8H2,1-2H3,(H3,13,14). The second-order valence-corrected chi connectivity index (χ2v) is 3.57. The fourth-order valence-corrected chi connectivity index (χ4v) is 1.37. The molecular weight excluding hydrogens is 188 g/mol. The molecule has 15 heavy (non-hydrogen) atoms. The molecule has 0 bridgehead atoms. The van der Waals surface area contributed by atoms with Gasteiger partial charge in [0.2, 0.25) is 0 Å². The molecular formula is C12H18N2O. The highest BCUT2D eigenvalue weighted by atomic mass is 16.5. The molecule has 1 aromatic rings. The lowest BCUT2D eigenvalue weighted by Gasteiger charge is -2.12. The number of hydrogen-bond acceptors (Lipinski definition) is 2. The number of hydrogen-bond donors (Lipinski definition) is 2. The number of unbranched alkanes of at least 4 members (excludes halogenated alkanes) is 1. The zero-order chi connectivity index (χ0) is 11.3. The van der Waals surface area contributed by atoms with Crippen LogP contribution in [0.15, 0.2) is 18.2 Å². The van der Waals surface area contributed by atoms with Crippen LogP contribution in [-0.4, -0.2) is 12.4 Å². The van der Waals surface area contributed by atoms with Crippen molar-refractivity contribution in [1.82, 2.24) is 0 Å². The van der Waals surface area contributed by atoms with Crippen molar-refractivity contribution in [3.8, 4) is 5.75 Å². The van der Waals surface area contributed by atoms with Crippen molar-refractivity contribution in [2.45, 2.75) is 26.7 Å². The molecule has 0 aliphatic heterocycles. The maximum absolute atomic E-state index is 7.45. The van der Waals surface area contributed by atoms with Gasteiger partial charge in [-0.25, -0.2) is 0 Å². The normalized spacial score (nSPS) is 10.0. The summed E-state index contributed by atoms with van der Waals surface area (Å²) in [5.41, 5.74) is 7.20. The van der Waals surface area contributed by atoms with Gasteiger partial charge in [-0.3, -0.25) is 5.41 Å². The number of aryl methyl sites for hydroxylation is 1. The molecule has 0 aliphatic rings. The van der Waals surface area contributed by atoms with E-state index in [2.05, 4.69) is 6.92 Å². The van der Waals surface area contributed by atoms with E-state index in [0.29, 0.717) is 12.2 Å². The van der Waals surface area contributed by atoms with E-state index in [1.165, 1.54) is 0 Å². The van der Waals surface area contributed by atoms with Gasteiger partial charge in [-0.15, -0.1) is 0 Å². The van der Waals surface area contributed by atoms with Crippen molar-refractivity contribution in [1.29, 1.82) is 5.41 Å². The molecule has 1 rings (SSSR count). The van der Waals surface area contributed by atoms with Crippen molar-refractivity contribution in [2.24, 2.45) is 5.73 Å². The molecule has 0 aliphatic carbocycles. The van der Waals surface area contributed by atoms with E-state index in [1.807, 2.05) is 25.1 Å². The van der Waals surface area contributed by atoms with E-state index in [1.54, 1.807) is 0 Å². The Hall–Kier alpha value is -1.51. The Balaban J connectivity index is 2.87. The molecule has 0 aromatic heterocycles. The van der Waals surface area contributed by atoms with Crippen molar-refractivity contribution in [3.63, 3.8) is 0 Å². The molecule has 0 atom stereocenters. The first kappa shape index (κ1) is 11.6. The zero-order valence-electron chi connectivity index (χ0n) is 9.34. The molecule has 0 amide bonds. The Morgan fingerprint density at radius 2 is 2.20 bits per heavy atom. The maximum Gasteiger partial charge on any atom is 0.133 e. The highest BCUT2D eigenvalue weighted by molar-refractivity contribution is 5.98. The molecule has 0 fully saturated rings. The third kappa shape index (κ3) is 2.98. The third-order valence-corrected chi connectivity index (χ3v) is 2.25. The lowest BCUT2D eigenvalue weighted by molar-refractivity contribution is 0.307. The van der Waals surface area contributed by atoms with E-state index >= 15 is 0 Å². The van der Waals surface area contributed by atoms with Crippen molar-refractivity contribution in [3.05, 3.63) is 29.3 Å². The first-order valence-electron chi connectivity index (χ1n) is 5.23. The van der Waals surface area contributed by atoms with E-state index in [4.69, 9.17) is 15.9 Å². The van der Waals surface area contributed by atoms with Crippen molar-refractivity contribution < 1.29 is 4.74 Å². The molecule has 0 saturated carbocycles. The molecule has 1 aromatic carbocycles. The largest absolute Gasteiger partial charge is 0.493 e. The van der Waals surface area contributed by atoms with E-state index in [9.17, 15) is 0 Å². The highest BCUT2D eigenvalue weighted by Crippen LogP contribution is 2.23. The van der Waals surface area contributed by atoms with Crippen LogP contribution in [0.5, 0.6) is 5.75 Å². The Morgan fingerprint density at radius 3 is 2.80 bits per heavy atom. The summed E-state index contributed by atoms with van der Waals surface area (Å²) in [6, 6.07) is 5.67. The predicted octanol–water partition coefficient (Wildman–Crippen LogP) is 2.46. The maximum atomic E-state index is 7.45. The van der Waals surface area contributed by atoms with Gasteiger partial charge in [-0.05, 0) is 25.0 Å². The second-order valence-electron chi connectivity index (χ2n) is 3.57. The summed E-state index contributed by atoms with van der Waals surface area (Å²) in [5.74, 6) is 0.809. The van der Waals surface area contributed by atoms with Crippen LogP contribution in [0.2, 0.25) is 0 Å². The molecule has 0 heterocycles. The van der Waals surface area contributed by atoms with E-state index in [-0.39, 0.29) is 5.84 Å². The van der Waals surface area contributed by atoms with Crippen LogP contribution < -0.4 is 10.5 Å². The minimum atomic E-state index is 0.0604. The SMILES string of the molecule is CCCCOc1c(C)cccc1C(=N)N. The number of amidine groups is 1. The number of para-hydroxylation sites is 1. The lowest BCUT2D eigenvalue weighted by Crippen LogP contribution is -2.14. The average molecular weight is 206 g/mol. The molecule has 0 unspecified atom stereocenters. The number of benzene rings is 1. The lowest BCUT2D eigenvalue weighted by atomic mass is 10.1. The number of ether oxygens (including phenoxy) is 1. The highest BCUT2D eigenvalue weighted by Gasteiger charge is 2.08. The minimum Gasteiger partial charge on any atom is -0.493 e. The molecule has 82 valence electrons. The van der Waals surface area contributed by atoms with Crippen LogP contribution in [0.25, 0.3) is 0 Å². The van der Waals surface area contributed by atoms with Crippen LogP contribution >= 0.6 is 0 Å². The Labute approximate surface area is 90.8 Å². The molecule has 0 spiro atoms. The average Bonchev–Trinajstić information content (AvgIpc) is 2.20. The molecule has 3 N–H and O–H groups in total. The quantitative estimate of drug-likeness (QED) is 0.441. The van der Waals surface area contributed by atoms with Gasteiger partial charge in [0.1, 0.15) is 11.6 Å². The first-order valence-corrected chi connectivity index (χ1v) is 5.23. The van der Waals surface area contributed by atoms with Gasteiger partial charge in [0.15, 0.2) is 0 Å². The van der Waals surface area contributed by atoms with Gasteiger partial charge >= 0.3 is 0 Å². The van der Waals surface area contributed by atoms with Crippen molar-refractivity contribution in [2.75, 3.05) is 6.61 Å². The Bertz CT molecular complexity index is 347. The molecule has 0 radical (unpaired) electrons. The van der Waals surface area contributed by atoms with Crippen molar-refractivity contribution >= 4 is 5.84 Å². The molecule has 0 saturated heterocycles. The Kier molecular flexibility index (Phi) is 4.16. The van der Waals surface area contributed by atoms with E-state index in [0.717, 1.165) is 24.2 Å². The number of nitrogens with two attached hydrogens (primary N) is 1. The summed E-state index contributed by atoms with van der Waals surface area (Å²) < 4.78 is 5.65. The third-order valence-electron chi connectivity index (χ3n) is 2.25. The summed E-state index contributed by atoms with van der Waals surface area (Å²) in [4.78, 5) is 0. The fourth-order valence-electron chi connectivity index (χ4n) is 1.37. The summed E-state index contributed by atoms with van der Waals surface area (Å²) >= 11 is 0. The monoisotopic (exact) mass is 206 g/mol. The summed E-state index contributed by atoms with van der Waals surface area (Å²) in [6.45, 7) is 4.77. The molecule has 3 heteroatoms. The van der Waals surface area contributed by atoms with Gasteiger partial charge in [0, 0.05) is 0 Å². The van der Waals surface area contributed by atoms with Gasteiger partial charge in [0.05, 0.1) is 12.2 Å². The van der Waals surface area contributed by atoms with Crippen LogP contribution in [0.3, 0.4) is 0 Å². The summed E-state index contributed by atoms with van der Waals surface area (Å²) in [7, 11) is 0. The smallest absolute Gasteiger partial charge is 0.133 e. The van der Waals surface area contributed by atoms with Crippen LogP contribution in [0, 0.1) is 12.3 Å². The Morgan fingerprint density at radius 1 is 1.47 bits per heavy atom. The van der Waals surface area contributed by atoms with Gasteiger partial charge in [0.25, 0.3) is 0 Å².